The van der Waals surface area contributed by atoms with Gasteiger partial charge in [0.15, 0.2) is 5.13 Å². The molecule has 0 saturated carbocycles. The Labute approximate surface area is 122 Å². The van der Waals surface area contributed by atoms with E-state index in [1.807, 2.05) is 0 Å². The summed E-state index contributed by atoms with van der Waals surface area (Å²) in [5, 5.41) is 8.52. The van der Waals surface area contributed by atoms with Gasteiger partial charge in [-0.1, -0.05) is 11.3 Å². The van der Waals surface area contributed by atoms with Crippen molar-refractivity contribution in [2.24, 2.45) is 0 Å². The van der Waals surface area contributed by atoms with E-state index < -0.39 is 21.8 Å². The molecule has 0 radical (unpaired) electrons. The second-order valence-electron chi connectivity index (χ2n) is 3.68. The van der Waals surface area contributed by atoms with E-state index in [-0.39, 0.29) is 10.0 Å². The smallest absolute Gasteiger partial charge is 0.328 e. The lowest BCUT2D eigenvalue weighted by atomic mass is 10.4. The number of thiazole rings is 1. The van der Waals surface area contributed by atoms with Crippen molar-refractivity contribution in [3.8, 4) is 0 Å². The lowest BCUT2D eigenvalue weighted by Crippen LogP contribution is -2.13. The van der Waals surface area contributed by atoms with Crippen molar-refractivity contribution in [2.45, 2.75) is 4.90 Å². The van der Waals surface area contributed by atoms with Gasteiger partial charge in [0.25, 0.3) is 10.0 Å². The van der Waals surface area contributed by atoms with Crippen LogP contribution in [0, 0.1) is 5.82 Å². The predicted octanol–water partition coefficient (Wildman–Crippen LogP) is 1.58. The van der Waals surface area contributed by atoms with Crippen molar-refractivity contribution in [2.75, 3.05) is 4.72 Å². The van der Waals surface area contributed by atoms with Gasteiger partial charge in [-0.3, -0.25) is 9.71 Å². The molecule has 2 aromatic rings. The summed E-state index contributed by atoms with van der Waals surface area (Å²) in [6.45, 7) is 0. The number of anilines is 1. The van der Waals surface area contributed by atoms with Crippen LogP contribution in [0.25, 0.3) is 6.08 Å². The Balaban J connectivity index is 2.20. The number of carbonyl (C=O) groups is 1. The molecule has 0 aromatic carbocycles. The van der Waals surface area contributed by atoms with Gasteiger partial charge >= 0.3 is 5.97 Å². The van der Waals surface area contributed by atoms with Gasteiger partial charge in [0.2, 0.25) is 0 Å². The van der Waals surface area contributed by atoms with Crippen LogP contribution in [0.1, 0.15) is 4.88 Å². The summed E-state index contributed by atoms with van der Waals surface area (Å²) < 4.78 is 39.1. The molecule has 2 heterocycles. The first-order valence-electron chi connectivity index (χ1n) is 5.37. The Morgan fingerprint density at radius 3 is 2.81 bits per heavy atom. The average molecular weight is 329 g/mol. The lowest BCUT2D eigenvalue weighted by Gasteiger charge is -2.04. The third kappa shape index (κ3) is 4.07. The fourth-order valence-corrected chi connectivity index (χ4v) is 3.21. The lowest BCUT2D eigenvalue weighted by molar-refractivity contribution is -0.131. The molecule has 2 N–H and O–H groups in total. The van der Waals surface area contributed by atoms with Crippen LogP contribution in [0.15, 0.2) is 35.6 Å². The molecule has 0 aliphatic heterocycles. The number of aliphatic carboxylic acids is 1. The molecule has 7 nitrogen and oxygen atoms in total. The van der Waals surface area contributed by atoms with Gasteiger partial charge in [0, 0.05) is 23.3 Å². The minimum Gasteiger partial charge on any atom is -0.478 e. The zero-order valence-electron chi connectivity index (χ0n) is 10.2. The first-order chi connectivity index (χ1) is 9.87. The summed E-state index contributed by atoms with van der Waals surface area (Å²) in [5.41, 5.74) is 0. The number of hydrogen-bond donors (Lipinski definition) is 2. The van der Waals surface area contributed by atoms with Crippen LogP contribution in [-0.4, -0.2) is 29.5 Å². The molecule has 0 unspecified atom stereocenters. The summed E-state index contributed by atoms with van der Waals surface area (Å²) >= 11 is 0.935. The second-order valence-corrected chi connectivity index (χ2v) is 6.43. The number of carboxylic acids is 1. The maximum absolute atomic E-state index is 13.0. The van der Waals surface area contributed by atoms with E-state index in [0.29, 0.717) is 4.88 Å². The number of nitrogens with one attached hydrogen (secondary N) is 1. The molecule has 0 amide bonds. The Morgan fingerprint density at radius 1 is 1.38 bits per heavy atom. The van der Waals surface area contributed by atoms with Crippen molar-refractivity contribution in [3.63, 3.8) is 0 Å². The van der Waals surface area contributed by atoms with Gasteiger partial charge in [0.05, 0.1) is 6.20 Å². The molecule has 10 heteroatoms. The zero-order chi connectivity index (χ0) is 15.5. The van der Waals surface area contributed by atoms with Crippen LogP contribution in [-0.2, 0) is 14.8 Å². The van der Waals surface area contributed by atoms with Crippen LogP contribution in [0.2, 0.25) is 0 Å². The quantitative estimate of drug-likeness (QED) is 0.806. The number of aromatic nitrogens is 2. The molecule has 0 spiro atoms. The van der Waals surface area contributed by atoms with Crippen LogP contribution in [0.3, 0.4) is 0 Å². The molecule has 0 atom stereocenters. The van der Waals surface area contributed by atoms with Gasteiger partial charge in [0.1, 0.15) is 10.7 Å². The van der Waals surface area contributed by atoms with Crippen molar-refractivity contribution >= 4 is 38.5 Å². The fourth-order valence-electron chi connectivity index (χ4n) is 1.28. The Kier molecular flexibility index (Phi) is 4.29. The Bertz CT molecular complexity index is 801. The molecule has 2 aromatic heterocycles. The number of pyridine rings is 1. The fraction of sp³-hybridized carbons (Fsp3) is 0. The highest BCUT2D eigenvalue weighted by atomic mass is 32.2. The van der Waals surface area contributed by atoms with E-state index in [9.17, 15) is 17.6 Å². The summed E-state index contributed by atoms with van der Waals surface area (Å²) in [7, 11) is -4.00. The molecular weight excluding hydrogens is 321 g/mol. The SMILES string of the molecule is O=C(O)C=Cc1cnc(NS(=O)(=O)c2cncc(F)c2)s1. The molecule has 0 aliphatic rings. The number of hydrogen-bond acceptors (Lipinski definition) is 6. The summed E-state index contributed by atoms with van der Waals surface area (Å²) in [5.74, 6) is -1.90. The normalized spacial score (nSPS) is 11.7. The zero-order valence-corrected chi connectivity index (χ0v) is 11.9. The topological polar surface area (TPSA) is 109 Å². The molecular formula is C11H8FN3O4S2. The van der Waals surface area contributed by atoms with E-state index in [1.165, 1.54) is 12.3 Å². The van der Waals surface area contributed by atoms with E-state index in [4.69, 9.17) is 5.11 Å². The monoisotopic (exact) mass is 329 g/mol. The van der Waals surface area contributed by atoms with Gasteiger partial charge < -0.3 is 5.11 Å². The molecule has 110 valence electrons. The summed E-state index contributed by atoms with van der Waals surface area (Å²) in [6.07, 6.45) is 5.39. The molecule has 21 heavy (non-hydrogen) atoms. The highest BCUT2D eigenvalue weighted by molar-refractivity contribution is 7.93. The number of sulfonamides is 1. The van der Waals surface area contributed by atoms with E-state index in [2.05, 4.69) is 14.7 Å². The van der Waals surface area contributed by atoms with Crippen molar-refractivity contribution < 1.29 is 22.7 Å². The minimum absolute atomic E-state index is 0.0318. The first-order valence-corrected chi connectivity index (χ1v) is 7.67. The van der Waals surface area contributed by atoms with Gasteiger partial charge in [-0.05, 0) is 12.1 Å². The maximum atomic E-state index is 13.0. The third-order valence-corrected chi connectivity index (χ3v) is 4.44. The maximum Gasteiger partial charge on any atom is 0.328 e. The second kappa shape index (κ2) is 5.97. The van der Waals surface area contributed by atoms with Crippen LogP contribution in [0.4, 0.5) is 9.52 Å². The highest BCUT2D eigenvalue weighted by Gasteiger charge is 2.17. The minimum atomic E-state index is -4.00. The molecule has 0 saturated heterocycles. The number of halogens is 1. The van der Waals surface area contributed by atoms with Crippen LogP contribution in [0.5, 0.6) is 0 Å². The van der Waals surface area contributed by atoms with Gasteiger partial charge in [-0.15, -0.1) is 0 Å². The molecule has 0 bridgehead atoms. The molecule has 0 aliphatic carbocycles. The van der Waals surface area contributed by atoms with Crippen molar-refractivity contribution in [3.05, 3.63) is 41.4 Å². The van der Waals surface area contributed by atoms with Gasteiger partial charge in [-0.2, -0.15) is 0 Å². The number of nitrogens with zero attached hydrogens (tertiary/aromatic N) is 2. The molecule has 2 rings (SSSR count). The third-order valence-electron chi connectivity index (χ3n) is 2.13. The van der Waals surface area contributed by atoms with Crippen molar-refractivity contribution in [1.29, 1.82) is 0 Å². The van der Waals surface area contributed by atoms with Crippen LogP contribution < -0.4 is 4.72 Å². The molecule has 0 fully saturated rings. The number of carboxylic acid groups (broad SMARTS) is 1. The highest BCUT2D eigenvalue weighted by Crippen LogP contribution is 2.22. The Hall–Kier alpha value is -2.33. The average Bonchev–Trinajstić information content (AvgIpc) is 2.83. The largest absolute Gasteiger partial charge is 0.478 e. The van der Waals surface area contributed by atoms with E-state index in [0.717, 1.165) is 35.9 Å². The number of rotatable bonds is 5. The standard InChI is InChI=1S/C11H8FN3O4S2/c12-7-3-9(6-13-4-7)21(18,19)15-11-14-5-8(20-11)1-2-10(16)17/h1-6H,(H,14,15)(H,16,17). The van der Waals surface area contributed by atoms with Crippen LogP contribution >= 0.6 is 11.3 Å². The first kappa shape index (κ1) is 15.1. The predicted molar refractivity (Wildman–Crippen MR) is 73.8 cm³/mol. The van der Waals surface area contributed by atoms with E-state index >= 15 is 0 Å². The summed E-state index contributed by atoms with van der Waals surface area (Å²) in [4.78, 5) is 17.7. The Morgan fingerprint density at radius 2 is 2.14 bits per heavy atom. The van der Waals surface area contributed by atoms with Crippen molar-refractivity contribution in [1.82, 2.24) is 9.97 Å². The summed E-state index contributed by atoms with van der Waals surface area (Å²) in [6, 6.07) is 0.828. The van der Waals surface area contributed by atoms with E-state index in [1.54, 1.807) is 0 Å². The van der Waals surface area contributed by atoms with Gasteiger partial charge in [-0.25, -0.2) is 22.6 Å².